The van der Waals surface area contributed by atoms with Crippen LogP contribution < -0.4 is 4.74 Å². The van der Waals surface area contributed by atoms with Gasteiger partial charge in [0.15, 0.2) is 0 Å². The summed E-state index contributed by atoms with van der Waals surface area (Å²) in [7, 11) is 0. The molecule has 1 aromatic heterocycles. The van der Waals surface area contributed by atoms with Gasteiger partial charge in [-0.3, -0.25) is 9.69 Å². The van der Waals surface area contributed by atoms with Crippen LogP contribution in [0.3, 0.4) is 0 Å². The van der Waals surface area contributed by atoms with Gasteiger partial charge in [0.2, 0.25) is 0 Å². The molecule has 1 aliphatic heterocycles. The van der Waals surface area contributed by atoms with Crippen LogP contribution in [0.25, 0.3) is 0 Å². The van der Waals surface area contributed by atoms with Crippen molar-refractivity contribution in [2.75, 3.05) is 26.2 Å². The fraction of sp³-hybridized carbons (Fsp3) is 0.292. The molecular formula is C24H25ClN2O2S. The number of nitrogens with zero attached hydrogens (tertiary/aromatic N) is 2. The Bertz CT molecular complexity index is 977. The second-order valence-corrected chi connectivity index (χ2v) is 8.96. The van der Waals surface area contributed by atoms with Crippen LogP contribution in [0.1, 0.15) is 26.4 Å². The van der Waals surface area contributed by atoms with E-state index in [9.17, 15) is 4.79 Å². The van der Waals surface area contributed by atoms with E-state index in [1.54, 1.807) is 12.1 Å². The Morgan fingerprint density at radius 2 is 1.70 bits per heavy atom. The molecule has 0 spiro atoms. The predicted molar refractivity (Wildman–Crippen MR) is 122 cm³/mol. The summed E-state index contributed by atoms with van der Waals surface area (Å²) in [4.78, 5) is 18.0. The molecule has 0 radical (unpaired) electrons. The summed E-state index contributed by atoms with van der Waals surface area (Å²) in [5, 5.41) is 2.68. The van der Waals surface area contributed by atoms with E-state index in [0.717, 1.165) is 48.9 Å². The van der Waals surface area contributed by atoms with E-state index < -0.39 is 0 Å². The summed E-state index contributed by atoms with van der Waals surface area (Å²) in [5.74, 6) is 0.885. The van der Waals surface area contributed by atoms with Gasteiger partial charge in [-0.05, 0) is 48.2 Å². The molecule has 0 unspecified atom stereocenters. The number of piperazine rings is 1. The van der Waals surface area contributed by atoms with Crippen LogP contribution in [0.15, 0.2) is 60.0 Å². The molecule has 1 fully saturated rings. The van der Waals surface area contributed by atoms with Crippen molar-refractivity contribution in [1.29, 1.82) is 0 Å². The molecule has 3 aromatic rings. The van der Waals surface area contributed by atoms with E-state index in [4.69, 9.17) is 16.3 Å². The molecule has 6 heteroatoms. The quantitative estimate of drug-likeness (QED) is 0.525. The minimum Gasteiger partial charge on any atom is -0.489 e. The number of ether oxygens (including phenoxy) is 1. The summed E-state index contributed by atoms with van der Waals surface area (Å²) in [6.45, 7) is 6.81. The fourth-order valence-corrected chi connectivity index (χ4v) is 4.47. The van der Waals surface area contributed by atoms with E-state index in [-0.39, 0.29) is 5.91 Å². The van der Waals surface area contributed by atoms with Gasteiger partial charge >= 0.3 is 0 Å². The maximum absolute atomic E-state index is 12.9. The van der Waals surface area contributed by atoms with E-state index >= 15 is 0 Å². The number of benzene rings is 2. The van der Waals surface area contributed by atoms with Crippen molar-refractivity contribution in [1.82, 2.24) is 9.80 Å². The van der Waals surface area contributed by atoms with E-state index in [2.05, 4.69) is 36.1 Å². The second-order valence-electron chi connectivity index (χ2n) is 7.62. The minimum absolute atomic E-state index is 0.118. The Morgan fingerprint density at radius 3 is 2.40 bits per heavy atom. The minimum atomic E-state index is 0.118. The third-order valence-electron chi connectivity index (χ3n) is 5.27. The van der Waals surface area contributed by atoms with Gasteiger partial charge in [-0.2, -0.15) is 0 Å². The highest BCUT2D eigenvalue weighted by Crippen LogP contribution is 2.21. The van der Waals surface area contributed by atoms with Gasteiger partial charge in [0.25, 0.3) is 5.91 Å². The van der Waals surface area contributed by atoms with E-state index in [1.165, 1.54) is 22.5 Å². The lowest BCUT2D eigenvalue weighted by molar-refractivity contribution is 0.0633. The summed E-state index contributed by atoms with van der Waals surface area (Å²) < 4.78 is 5.78. The SMILES string of the molecule is Cc1ccc(CN2CCN(C(=O)c3cc(COc4ccc(Cl)cc4)cs3)CC2)cc1. The number of thiophene rings is 1. The number of hydrogen-bond acceptors (Lipinski definition) is 4. The van der Waals surface area contributed by atoms with Gasteiger partial charge in [0.1, 0.15) is 12.4 Å². The van der Waals surface area contributed by atoms with Crippen molar-refractivity contribution in [3.8, 4) is 5.75 Å². The summed E-state index contributed by atoms with van der Waals surface area (Å²) >= 11 is 7.38. The van der Waals surface area contributed by atoms with Crippen molar-refractivity contribution in [2.45, 2.75) is 20.1 Å². The number of rotatable bonds is 6. The molecule has 0 saturated carbocycles. The zero-order chi connectivity index (χ0) is 20.9. The number of amides is 1. The van der Waals surface area contributed by atoms with Crippen LogP contribution >= 0.6 is 22.9 Å². The molecule has 4 nitrogen and oxygen atoms in total. The highest BCUT2D eigenvalue weighted by Gasteiger charge is 2.23. The zero-order valence-electron chi connectivity index (χ0n) is 17.0. The Balaban J connectivity index is 1.27. The van der Waals surface area contributed by atoms with Crippen LogP contribution in [0.4, 0.5) is 0 Å². The highest BCUT2D eigenvalue weighted by atomic mass is 35.5. The zero-order valence-corrected chi connectivity index (χ0v) is 18.6. The van der Waals surface area contributed by atoms with Crippen LogP contribution in [0, 0.1) is 6.92 Å². The lowest BCUT2D eigenvalue weighted by Crippen LogP contribution is -2.48. The lowest BCUT2D eigenvalue weighted by Gasteiger charge is -2.34. The summed E-state index contributed by atoms with van der Waals surface area (Å²) in [5.41, 5.74) is 3.61. The second kappa shape index (κ2) is 9.65. The van der Waals surface area contributed by atoms with Gasteiger partial charge in [-0.15, -0.1) is 11.3 Å². The number of carbonyl (C=O) groups is 1. The Hall–Kier alpha value is -2.34. The van der Waals surface area contributed by atoms with Crippen molar-refractivity contribution in [3.63, 3.8) is 0 Å². The van der Waals surface area contributed by atoms with Crippen molar-refractivity contribution in [2.24, 2.45) is 0 Å². The normalized spacial score (nSPS) is 14.7. The number of hydrogen-bond donors (Lipinski definition) is 0. The maximum atomic E-state index is 12.9. The Morgan fingerprint density at radius 1 is 1.00 bits per heavy atom. The number of carbonyl (C=O) groups excluding carboxylic acids is 1. The van der Waals surface area contributed by atoms with Crippen LogP contribution in [-0.4, -0.2) is 41.9 Å². The molecule has 2 heterocycles. The molecule has 2 aromatic carbocycles. The molecule has 0 bridgehead atoms. The summed E-state index contributed by atoms with van der Waals surface area (Å²) in [6, 6.07) is 17.9. The summed E-state index contributed by atoms with van der Waals surface area (Å²) in [6.07, 6.45) is 0. The van der Waals surface area contributed by atoms with E-state index in [1.807, 2.05) is 28.5 Å². The molecular weight excluding hydrogens is 416 g/mol. The Kier molecular flexibility index (Phi) is 6.72. The van der Waals surface area contributed by atoms with Gasteiger partial charge in [-0.25, -0.2) is 0 Å². The van der Waals surface area contributed by atoms with Gasteiger partial charge in [-0.1, -0.05) is 41.4 Å². The van der Waals surface area contributed by atoms with Gasteiger partial charge in [0, 0.05) is 43.3 Å². The topological polar surface area (TPSA) is 32.8 Å². The molecule has 4 rings (SSSR count). The molecule has 1 amide bonds. The third-order valence-corrected chi connectivity index (χ3v) is 6.49. The Labute approximate surface area is 186 Å². The van der Waals surface area contributed by atoms with Crippen LogP contribution in [0.5, 0.6) is 5.75 Å². The fourth-order valence-electron chi connectivity index (χ4n) is 3.48. The molecule has 0 atom stereocenters. The first-order valence-electron chi connectivity index (χ1n) is 10.1. The molecule has 1 aliphatic rings. The monoisotopic (exact) mass is 440 g/mol. The van der Waals surface area contributed by atoms with Crippen LogP contribution in [0.2, 0.25) is 5.02 Å². The largest absolute Gasteiger partial charge is 0.489 e. The molecule has 156 valence electrons. The predicted octanol–water partition coefficient (Wildman–Crippen LogP) is 5.25. The van der Waals surface area contributed by atoms with Crippen molar-refractivity contribution >= 4 is 28.8 Å². The average molecular weight is 441 g/mol. The molecule has 0 aliphatic carbocycles. The third kappa shape index (κ3) is 5.42. The van der Waals surface area contributed by atoms with Crippen molar-refractivity contribution in [3.05, 3.63) is 86.6 Å². The smallest absolute Gasteiger partial charge is 0.264 e. The maximum Gasteiger partial charge on any atom is 0.264 e. The number of aryl methyl sites for hydroxylation is 1. The molecule has 1 saturated heterocycles. The first-order chi connectivity index (χ1) is 14.6. The molecule has 0 N–H and O–H groups in total. The first-order valence-corrected chi connectivity index (χ1v) is 11.4. The lowest BCUT2D eigenvalue weighted by atomic mass is 10.1. The first kappa shape index (κ1) is 20.9. The molecule has 30 heavy (non-hydrogen) atoms. The van der Waals surface area contributed by atoms with Crippen molar-refractivity contribution < 1.29 is 9.53 Å². The van der Waals surface area contributed by atoms with Gasteiger partial charge < -0.3 is 9.64 Å². The standard InChI is InChI=1S/C24H25ClN2O2S/c1-18-2-4-19(5-3-18)15-26-10-12-27(13-11-26)24(28)23-14-20(17-30-23)16-29-22-8-6-21(25)7-9-22/h2-9,14,17H,10-13,15-16H2,1H3. The number of halogens is 1. The highest BCUT2D eigenvalue weighted by molar-refractivity contribution is 7.12. The van der Waals surface area contributed by atoms with Gasteiger partial charge in [0.05, 0.1) is 4.88 Å². The average Bonchev–Trinajstić information content (AvgIpc) is 3.24. The van der Waals surface area contributed by atoms with E-state index in [0.29, 0.717) is 11.6 Å². The van der Waals surface area contributed by atoms with Crippen LogP contribution in [-0.2, 0) is 13.2 Å².